The van der Waals surface area contributed by atoms with Crippen molar-refractivity contribution in [3.63, 3.8) is 0 Å². The van der Waals surface area contributed by atoms with Crippen LogP contribution in [0.15, 0.2) is 48.5 Å². The summed E-state index contributed by atoms with van der Waals surface area (Å²) in [5, 5.41) is 11.7. The Labute approximate surface area is 172 Å². The molecule has 1 fully saturated rings. The van der Waals surface area contributed by atoms with E-state index in [1.165, 1.54) is 30.3 Å². The number of para-hydroxylation sites is 1. The highest BCUT2D eigenvalue weighted by Gasteiger charge is 2.35. The standard InChI is InChI=1S/C22H23F3N2O3/c1-14(21(30)26-19-5-3-2-4-18(19)22(23,24)25)27-12-10-16(11-13-27)20(29)15-6-8-17(28)9-7-15/h2-9,14,16,28H,10-13H2,1H3,(H,26,30). The number of alkyl halides is 3. The highest BCUT2D eigenvalue weighted by atomic mass is 19.4. The number of halogens is 3. The summed E-state index contributed by atoms with van der Waals surface area (Å²) in [6.07, 6.45) is -3.45. The molecule has 30 heavy (non-hydrogen) atoms. The predicted molar refractivity (Wildman–Crippen MR) is 106 cm³/mol. The van der Waals surface area contributed by atoms with Gasteiger partial charge in [-0.15, -0.1) is 0 Å². The number of Topliss-reactive ketones (excluding diaryl/α,β-unsaturated/α-hetero) is 1. The quantitative estimate of drug-likeness (QED) is 0.707. The smallest absolute Gasteiger partial charge is 0.418 e. The van der Waals surface area contributed by atoms with Gasteiger partial charge in [0.1, 0.15) is 5.75 Å². The van der Waals surface area contributed by atoms with E-state index in [0.717, 1.165) is 6.07 Å². The fourth-order valence-electron chi connectivity index (χ4n) is 3.65. The lowest BCUT2D eigenvalue weighted by Gasteiger charge is -2.35. The average Bonchev–Trinajstić information content (AvgIpc) is 2.73. The van der Waals surface area contributed by atoms with Crippen LogP contribution < -0.4 is 5.32 Å². The number of rotatable bonds is 5. The van der Waals surface area contributed by atoms with Gasteiger partial charge in [0.25, 0.3) is 0 Å². The lowest BCUT2D eigenvalue weighted by atomic mass is 9.88. The van der Waals surface area contributed by atoms with Crippen LogP contribution in [-0.4, -0.2) is 40.8 Å². The topological polar surface area (TPSA) is 69.6 Å². The second kappa shape index (κ2) is 8.87. The molecule has 2 aromatic carbocycles. The number of hydrogen-bond donors (Lipinski definition) is 2. The first-order valence-corrected chi connectivity index (χ1v) is 9.71. The fourth-order valence-corrected chi connectivity index (χ4v) is 3.65. The Hall–Kier alpha value is -2.87. The summed E-state index contributed by atoms with van der Waals surface area (Å²) in [7, 11) is 0. The molecule has 2 N–H and O–H groups in total. The van der Waals surface area contributed by atoms with E-state index in [-0.39, 0.29) is 23.1 Å². The summed E-state index contributed by atoms with van der Waals surface area (Å²) in [6, 6.07) is 10.3. The van der Waals surface area contributed by atoms with E-state index in [9.17, 15) is 27.9 Å². The van der Waals surface area contributed by atoms with Crippen LogP contribution in [0.2, 0.25) is 0 Å². The summed E-state index contributed by atoms with van der Waals surface area (Å²) >= 11 is 0. The highest BCUT2D eigenvalue weighted by Crippen LogP contribution is 2.34. The number of anilines is 1. The first kappa shape index (κ1) is 21.8. The van der Waals surface area contributed by atoms with Gasteiger partial charge in [0.15, 0.2) is 5.78 Å². The van der Waals surface area contributed by atoms with Gasteiger partial charge in [-0.1, -0.05) is 12.1 Å². The van der Waals surface area contributed by atoms with Crippen LogP contribution in [0, 0.1) is 5.92 Å². The highest BCUT2D eigenvalue weighted by molar-refractivity contribution is 5.98. The van der Waals surface area contributed by atoms with Crippen molar-refractivity contribution in [2.75, 3.05) is 18.4 Å². The molecular weight excluding hydrogens is 397 g/mol. The van der Waals surface area contributed by atoms with E-state index in [4.69, 9.17) is 0 Å². The normalized spacial score (nSPS) is 16.8. The SMILES string of the molecule is CC(C(=O)Nc1ccccc1C(F)(F)F)N1CCC(C(=O)c2ccc(O)cc2)CC1. The molecule has 0 aromatic heterocycles. The summed E-state index contributed by atoms with van der Waals surface area (Å²) in [5.41, 5.74) is -0.621. The molecule has 0 saturated carbocycles. The molecule has 0 aliphatic carbocycles. The Morgan fingerprint density at radius 2 is 1.67 bits per heavy atom. The van der Waals surface area contributed by atoms with Gasteiger partial charge in [-0.05, 0) is 69.3 Å². The van der Waals surface area contributed by atoms with Crippen LogP contribution in [0.5, 0.6) is 5.75 Å². The van der Waals surface area contributed by atoms with Crippen molar-refractivity contribution in [2.45, 2.75) is 32.0 Å². The zero-order valence-corrected chi connectivity index (χ0v) is 16.4. The Kier molecular flexibility index (Phi) is 6.45. The molecule has 3 rings (SSSR count). The van der Waals surface area contributed by atoms with Crippen molar-refractivity contribution in [1.29, 1.82) is 0 Å². The van der Waals surface area contributed by atoms with Crippen molar-refractivity contribution in [1.82, 2.24) is 4.90 Å². The molecule has 0 spiro atoms. The zero-order chi connectivity index (χ0) is 21.9. The third-order valence-corrected chi connectivity index (χ3v) is 5.47. The Balaban J connectivity index is 1.59. The maximum Gasteiger partial charge on any atom is 0.418 e. The second-order valence-electron chi connectivity index (χ2n) is 7.43. The number of nitrogens with one attached hydrogen (secondary N) is 1. The van der Waals surface area contributed by atoms with E-state index in [2.05, 4.69) is 5.32 Å². The van der Waals surface area contributed by atoms with Crippen molar-refractivity contribution < 1.29 is 27.9 Å². The van der Waals surface area contributed by atoms with E-state index in [1.54, 1.807) is 19.1 Å². The van der Waals surface area contributed by atoms with Gasteiger partial charge in [0.05, 0.1) is 17.3 Å². The molecular formula is C22H23F3N2O3. The summed E-state index contributed by atoms with van der Waals surface area (Å²) < 4.78 is 39.4. The molecule has 2 aromatic rings. The summed E-state index contributed by atoms with van der Waals surface area (Å²) in [6.45, 7) is 2.63. The number of phenolic OH excluding ortho intramolecular Hbond substituents is 1. The lowest BCUT2D eigenvalue weighted by Crippen LogP contribution is -2.47. The van der Waals surface area contributed by atoms with Crippen LogP contribution in [-0.2, 0) is 11.0 Å². The fraction of sp³-hybridized carbons (Fsp3) is 0.364. The monoisotopic (exact) mass is 420 g/mol. The number of aromatic hydroxyl groups is 1. The molecule has 1 aliphatic rings. The maximum absolute atomic E-state index is 13.1. The van der Waals surface area contributed by atoms with Gasteiger partial charge < -0.3 is 10.4 Å². The minimum absolute atomic E-state index is 0.00846. The third-order valence-electron chi connectivity index (χ3n) is 5.47. The van der Waals surface area contributed by atoms with Gasteiger partial charge in [0.2, 0.25) is 5.91 Å². The first-order valence-electron chi connectivity index (χ1n) is 9.71. The molecule has 0 radical (unpaired) electrons. The van der Waals surface area contributed by atoms with Crippen molar-refractivity contribution in [2.24, 2.45) is 5.92 Å². The van der Waals surface area contributed by atoms with E-state index in [1.807, 2.05) is 4.90 Å². The number of phenols is 1. The van der Waals surface area contributed by atoms with Crippen molar-refractivity contribution in [3.05, 3.63) is 59.7 Å². The van der Waals surface area contributed by atoms with Crippen LogP contribution in [0.4, 0.5) is 18.9 Å². The molecule has 1 heterocycles. The molecule has 0 bridgehead atoms. The second-order valence-corrected chi connectivity index (χ2v) is 7.43. The number of likely N-dealkylation sites (tertiary alicyclic amines) is 1. The van der Waals surface area contributed by atoms with Gasteiger partial charge in [-0.2, -0.15) is 13.2 Å². The predicted octanol–water partition coefficient (Wildman–Crippen LogP) is 4.33. The van der Waals surface area contributed by atoms with Crippen molar-refractivity contribution >= 4 is 17.4 Å². The molecule has 8 heteroatoms. The summed E-state index contributed by atoms with van der Waals surface area (Å²) in [5.74, 6) is -0.624. The number of hydrogen-bond acceptors (Lipinski definition) is 4. The maximum atomic E-state index is 13.1. The summed E-state index contributed by atoms with van der Waals surface area (Å²) in [4.78, 5) is 27.0. The number of amides is 1. The number of piperidine rings is 1. The Bertz CT molecular complexity index is 905. The average molecular weight is 420 g/mol. The van der Waals surface area contributed by atoms with Crippen LogP contribution >= 0.6 is 0 Å². The minimum atomic E-state index is -4.56. The van der Waals surface area contributed by atoms with Gasteiger partial charge in [-0.25, -0.2) is 0 Å². The van der Waals surface area contributed by atoms with Crippen molar-refractivity contribution in [3.8, 4) is 5.75 Å². The zero-order valence-electron chi connectivity index (χ0n) is 16.4. The van der Waals surface area contributed by atoms with Gasteiger partial charge >= 0.3 is 6.18 Å². The number of carbonyl (C=O) groups is 2. The van der Waals surface area contributed by atoms with Crippen LogP contribution in [0.3, 0.4) is 0 Å². The molecule has 5 nitrogen and oxygen atoms in total. The van der Waals surface area contributed by atoms with Gasteiger partial charge in [-0.3, -0.25) is 14.5 Å². The Morgan fingerprint density at radius 3 is 2.27 bits per heavy atom. The van der Waals surface area contributed by atoms with E-state index < -0.39 is 23.7 Å². The van der Waals surface area contributed by atoms with E-state index >= 15 is 0 Å². The number of nitrogens with zero attached hydrogens (tertiary/aromatic N) is 1. The molecule has 1 amide bonds. The first-order chi connectivity index (χ1) is 14.2. The molecule has 1 aliphatic heterocycles. The molecule has 1 saturated heterocycles. The van der Waals surface area contributed by atoms with Crippen LogP contribution in [0.1, 0.15) is 35.7 Å². The Morgan fingerprint density at radius 1 is 1.07 bits per heavy atom. The minimum Gasteiger partial charge on any atom is -0.508 e. The van der Waals surface area contributed by atoms with Gasteiger partial charge in [0, 0.05) is 11.5 Å². The third kappa shape index (κ3) is 4.99. The van der Waals surface area contributed by atoms with E-state index in [0.29, 0.717) is 31.5 Å². The molecule has 1 atom stereocenters. The van der Waals surface area contributed by atoms with Crippen LogP contribution in [0.25, 0.3) is 0 Å². The molecule has 1 unspecified atom stereocenters. The number of benzene rings is 2. The lowest BCUT2D eigenvalue weighted by molar-refractivity contribution is -0.137. The number of carbonyl (C=O) groups excluding carboxylic acids is 2. The largest absolute Gasteiger partial charge is 0.508 e. The molecule has 160 valence electrons. The number of ketones is 1.